The maximum absolute atomic E-state index is 11.9. The fourth-order valence-electron chi connectivity index (χ4n) is 3.64. The van der Waals surface area contributed by atoms with Crippen LogP contribution in [0.25, 0.3) is 10.9 Å². The lowest BCUT2D eigenvalue weighted by Crippen LogP contribution is -2.38. The van der Waals surface area contributed by atoms with Crippen molar-refractivity contribution in [2.24, 2.45) is 0 Å². The Labute approximate surface area is 181 Å². The first-order valence-corrected chi connectivity index (χ1v) is 10.4. The second-order valence-electron chi connectivity index (χ2n) is 7.72. The second-order valence-corrected chi connectivity index (χ2v) is 7.72. The van der Waals surface area contributed by atoms with Crippen LogP contribution in [0.4, 0.5) is 0 Å². The van der Waals surface area contributed by atoms with Gasteiger partial charge in [-0.25, -0.2) is 0 Å². The summed E-state index contributed by atoms with van der Waals surface area (Å²) >= 11 is 0. The first kappa shape index (κ1) is 20.7. The number of aromatic nitrogens is 1. The Bertz CT molecular complexity index is 1160. The van der Waals surface area contributed by atoms with Crippen LogP contribution >= 0.6 is 0 Å². The molecule has 0 amide bonds. The molecule has 1 atom stereocenters. The molecular formula is C26H26N2O3. The number of carboxylic acids is 1. The second kappa shape index (κ2) is 9.49. The molecule has 31 heavy (non-hydrogen) atoms. The summed E-state index contributed by atoms with van der Waals surface area (Å²) in [6, 6.07) is 23.2. The minimum absolute atomic E-state index is 0.395. The minimum Gasteiger partial charge on any atom is -0.489 e. The van der Waals surface area contributed by atoms with Gasteiger partial charge in [-0.15, -0.1) is 0 Å². The Morgan fingerprint density at radius 3 is 2.55 bits per heavy atom. The number of benzene rings is 3. The van der Waals surface area contributed by atoms with E-state index in [1.165, 1.54) is 5.56 Å². The molecule has 0 aliphatic heterocycles. The summed E-state index contributed by atoms with van der Waals surface area (Å²) in [6.45, 7) is 2.93. The van der Waals surface area contributed by atoms with E-state index in [1.807, 2.05) is 54.7 Å². The summed E-state index contributed by atoms with van der Waals surface area (Å²) in [5.41, 5.74) is 5.23. The van der Waals surface area contributed by atoms with Crippen LogP contribution in [0.2, 0.25) is 0 Å². The Balaban J connectivity index is 1.43. The van der Waals surface area contributed by atoms with Crippen LogP contribution in [0.1, 0.15) is 22.3 Å². The number of aliphatic carboxylic acids is 1. The standard InChI is InChI=1S/C26H26N2O3/c1-18-10-12-19(13-11-18)17-31-25-9-5-2-6-20(25)15-28-24(26(29)30)14-21-16-27-23-8-4-3-7-22(21)23/h2-13,16,24,27-28H,14-15,17H2,1H3,(H,29,30)/t24-/m1/s1. The highest BCUT2D eigenvalue weighted by atomic mass is 16.5. The number of ether oxygens (including phenoxy) is 1. The summed E-state index contributed by atoms with van der Waals surface area (Å²) in [7, 11) is 0. The lowest BCUT2D eigenvalue weighted by Gasteiger charge is -2.16. The van der Waals surface area contributed by atoms with Gasteiger partial charge in [0.25, 0.3) is 0 Å². The molecule has 3 aromatic carbocycles. The van der Waals surface area contributed by atoms with Crippen LogP contribution in [0, 0.1) is 6.92 Å². The Hall–Kier alpha value is -3.57. The molecule has 0 spiro atoms. The van der Waals surface area contributed by atoms with Gasteiger partial charge >= 0.3 is 5.97 Å². The highest BCUT2D eigenvalue weighted by Crippen LogP contribution is 2.21. The van der Waals surface area contributed by atoms with Crippen LogP contribution in [0.15, 0.2) is 79.0 Å². The summed E-state index contributed by atoms with van der Waals surface area (Å²) in [5, 5.41) is 14.0. The highest BCUT2D eigenvalue weighted by molar-refractivity contribution is 5.84. The van der Waals surface area contributed by atoms with Gasteiger partial charge in [-0.2, -0.15) is 0 Å². The van der Waals surface area contributed by atoms with Gasteiger partial charge in [0.15, 0.2) is 0 Å². The van der Waals surface area contributed by atoms with Gasteiger partial charge in [0.05, 0.1) is 0 Å². The van der Waals surface area contributed by atoms with E-state index in [2.05, 4.69) is 41.5 Å². The normalized spacial score (nSPS) is 12.0. The first-order chi connectivity index (χ1) is 15.1. The van der Waals surface area contributed by atoms with Gasteiger partial charge in [0.1, 0.15) is 18.4 Å². The molecule has 0 saturated heterocycles. The number of carboxylic acid groups (broad SMARTS) is 1. The zero-order chi connectivity index (χ0) is 21.6. The summed E-state index contributed by atoms with van der Waals surface area (Å²) in [6.07, 6.45) is 2.28. The molecule has 4 aromatic rings. The molecule has 5 heteroatoms. The van der Waals surface area contributed by atoms with Crippen molar-refractivity contribution < 1.29 is 14.6 Å². The molecule has 0 fully saturated rings. The van der Waals surface area contributed by atoms with Crippen molar-refractivity contribution in [2.75, 3.05) is 0 Å². The number of fused-ring (bicyclic) bond motifs is 1. The van der Waals surface area contributed by atoms with Crippen molar-refractivity contribution in [2.45, 2.75) is 32.5 Å². The Morgan fingerprint density at radius 2 is 1.74 bits per heavy atom. The highest BCUT2D eigenvalue weighted by Gasteiger charge is 2.20. The maximum atomic E-state index is 11.9. The van der Waals surface area contributed by atoms with Crippen molar-refractivity contribution >= 4 is 16.9 Å². The average molecular weight is 415 g/mol. The first-order valence-electron chi connectivity index (χ1n) is 10.4. The third-order valence-corrected chi connectivity index (χ3v) is 5.42. The number of aromatic amines is 1. The molecule has 4 rings (SSSR count). The number of hydrogen-bond donors (Lipinski definition) is 3. The molecule has 3 N–H and O–H groups in total. The van der Waals surface area contributed by atoms with E-state index in [0.29, 0.717) is 19.6 Å². The van der Waals surface area contributed by atoms with Crippen LogP contribution in [-0.2, 0) is 24.4 Å². The fourth-order valence-corrected chi connectivity index (χ4v) is 3.64. The van der Waals surface area contributed by atoms with Gasteiger partial charge in [-0.05, 0) is 30.2 Å². The average Bonchev–Trinajstić information content (AvgIpc) is 3.19. The SMILES string of the molecule is Cc1ccc(COc2ccccc2CN[C@H](Cc2c[nH]c3ccccc23)C(=O)O)cc1. The van der Waals surface area contributed by atoms with Gasteiger partial charge < -0.3 is 14.8 Å². The monoisotopic (exact) mass is 414 g/mol. The summed E-state index contributed by atoms with van der Waals surface area (Å²) in [4.78, 5) is 15.1. The Kier molecular flexibility index (Phi) is 6.34. The van der Waals surface area contributed by atoms with Gasteiger partial charge in [-0.3, -0.25) is 10.1 Å². The van der Waals surface area contributed by atoms with Gasteiger partial charge in [-0.1, -0.05) is 66.2 Å². The smallest absolute Gasteiger partial charge is 0.321 e. The van der Waals surface area contributed by atoms with Crippen LogP contribution in [0.3, 0.4) is 0 Å². The molecule has 0 saturated carbocycles. The van der Waals surface area contributed by atoms with Crippen molar-refractivity contribution in [3.8, 4) is 5.75 Å². The van der Waals surface area contributed by atoms with E-state index in [9.17, 15) is 9.90 Å². The zero-order valence-corrected chi connectivity index (χ0v) is 17.5. The molecule has 1 heterocycles. The molecule has 0 aliphatic rings. The predicted molar refractivity (Wildman–Crippen MR) is 122 cm³/mol. The Morgan fingerprint density at radius 1 is 1.00 bits per heavy atom. The van der Waals surface area contributed by atoms with E-state index in [4.69, 9.17) is 4.74 Å². The van der Waals surface area contributed by atoms with Crippen molar-refractivity contribution in [1.82, 2.24) is 10.3 Å². The fraction of sp³-hybridized carbons (Fsp3) is 0.192. The number of para-hydroxylation sites is 2. The molecule has 5 nitrogen and oxygen atoms in total. The molecule has 0 unspecified atom stereocenters. The molecular weight excluding hydrogens is 388 g/mol. The van der Waals surface area contributed by atoms with E-state index in [0.717, 1.165) is 33.3 Å². The summed E-state index contributed by atoms with van der Waals surface area (Å²) < 4.78 is 6.03. The molecule has 1 aromatic heterocycles. The predicted octanol–water partition coefficient (Wildman–Crippen LogP) is 4.84. The minimum atomic E-state index is -0.872. The topological polar surface area (TPSA) is 74.3 Å². The summed E-state index contributed by atoms with van der Waals surface area (Å²) in [5.74, 6) is -0.116. The maximum Gasteiger partial charge on any atom is 0.321 e. The number of nitrogens with one attached hydrogen (secondary N) is 2. The largest absolute Gasteiger partial charge is 0.489 e. The zero-order valence-electron chi connectivity index (χ0n) is 17.5. The molecule has 0 radical (unpaired) electrons. The lowest BCUT2D eigenvalue weighted by atomic mass is 10.0. The third kappa shape index (κ3) is 5.13. The molecule has 0 bridgehead atoms. The number of aryl methyl sites for hydroxylation is 1. The number of H-pyrrole nitrogens is 1. The van der Waals surface area contributed by atoms with Crippen LogP contribution in [0.5, 0.6) is 5.75 Å². The molecule has 0 aliphatic carbocycles. The van der Waals surface area contributed by atoms with Crippen molar-refractivity contribution in [1.29, 1.82) is 0 Å². The van der Waals surface area contributed by atoms with E-state index in [-0.39, 0.29) is 0 Å². The number of hydrogen-bond acceptors (Lipinski definition) is 3. The van der Waals surface area contributed by atoms with E-state index >= 15 is 0 Å². The molecule has 158 valence electrons. The lowest BCUT2D eigenvalue weighted by molar-refractivity contribution is -0.139. The van der Waals surface area contributed by atoms with Crippen LogP contribution < -0.4 is 10.1 Å². The quantitative estimate of drug-likeness (QED) is 0.366. The van der Waals surface area contributed by atoms with E-state index < -0.39 is 12.0 Å². The number of rotatable bonds is 9. The third-order valence-electron chi connectivity index (χ3n) is 5.42. The van der Waals surface area contributed by atoms with Crippen molar-refractivity contribution in [3.63, 3.8) is 0 Å². The van der Waals surface area contributed by atoms with Crippen LogP contribution in [-0.4, -0.2) is 22.1 Å². The number of carbonyl (C=O) groups is 1. The van der Waals surface area contributed by atoms with Gasteiger partial charge in [0.2, 0.25) is 0 Å². The van der Waals surface area contributed by atoms with Gasteiger partial charge in [0, 0.05) is 35.6 Å². The van der Waals surface area contributed by atoms with E-state index in [1.54, 1.807) is 0 Å². The van der Waals surface area contributed by atoms with Crippen molar-refractivity contribution in [3.05, 3.63) is 101 Å².